The van der Waals surface area contributed by atoms with E-state index in [0.717, 1.165) is 15.6 Å². The SMILES string of the molecule is COc1ccc(/C=C/C(=O)/C=C/c2ccc(Br)cc2)cc1OC. The van der Waals surface area contributed by atoms with Crippen LogP contribution in [0, 0.1) is 0 Å². The third-order valence-electron chi connectivity index (χ3n) is 3.16. The molecule has 23 heavy (non-hydrogen) atoms. The lowest BCUT2D eigenvalue weighted by atomic mass is 10.1. The van der Waals surface area contributed by atoms with E-state index >= 15 is 0 Å². The van der Waals surface area contributed by atoms with Crippen molar-refractivity contribution in [2.24, 2.45) is 0 Å². The highest BCUT2D eigenvalue weighted by Crippen LogP contribution is 2.27. The second-order valence-corrected chi connectivity index (χ2v) is 5.65. The van der Waals surface area contributed by atoms with Crippen molar-refractivity contribution in [3.8, 4) is 11.5 Å². The highest BCUT2D eigenvalue weighted by Gasteiger charge is 2.02. The van der Waals surface area contributed by atoms with Gasteiger partial charge in [0.05, 0.1) is 14.2 Å². The van der Waals surface area contributed by atoms with Gasteiger partial charge in [0.2, 0.25) is 0 Å². The predicted molar refractivity (Wildman–Crippen MR) is 96.8 cm³/mol. The number of rotatable bonds is 6. The lowest BCUT2D eigenvalue weighted by Gasteiger charge is -2.07. The largest absolute Gasteiger partial charge is 0.493 e. The van der Waals surface area contributed by atoms with E-state index in [4.69, 9.17) is 9.47 Å². The number of halogens is 1. The van der Waals surface area contributed by atoms with Gasteiger partial charge in [0.25, 0.3) is 0 Å². The van der Waals surface area contributed by atoms with Crippen LogP contribution in [0.25, 0.3) is 12.2 Å². The number of hydrogen-bond donors (Lipinski definition) is 0. The fraction of sp³-hybridized carbons (Fsp3) is 0.105. The molecule has 2 rings (SSSR count). The fourth-order valence-electron chi connectivity index (χ4n) is 1.94. The van der Waals surface area contributed by atoms with E-state index in [2.05, 4.69) is 15.9 Å². The van der Waals surface area contributed by atoms with Crippen molar-refractivity contribution in [3.63, 3.8) is 0 Å². The lowest BCUT2D eigenvalue weighted by Crippen LogP contribution is -1.91. The minimum Gasteiger partial charge on any atom is -0.493 e. The number of hydrogen-bond acceptors (Lipinski definition) is 3. The Balaban J connectivity index is 2.04. The average molecular weight is 373 g/mol. The van der Waals surface area contributed by atoms with Gasteiger partial charge >= 0.3 is 0 Å². The van der Waals surface area contributed by atoms with Crippen LogP contribution >= 0.6 is 15.9 Å². The van der Waals surface area contributed by atoms with Gasteiger partial charge in [-0.15, -0.1) is 0 Å². The van der Waals surface area contributed by atoms with E-state index in [-0.39, 0.29) is 5.78 Å². The van der Waals surface area contributed by atoms with E-state index in [0.29, 0.717) is 11.5 Å². The molecule has 0 aliphatic heterocycles. The Morgan fingerprint density at radius 2 is 1.43 bits per heavy atom. The Kier molecular flexibility index (Phi) is 6.18. The first-order valence-electron chi connectivity index (χ1n) is 7.00. The molecule has 0 atom stereocenters. The van der Waals surface area contributed by atoms with E-state index in [9.17, 15) is 4.79 Å². The van der Waals surface area contributed by atoms with Gasteiger partial charge in [-0.1, -0.05) is 46.3 Å². The summed E-state index contributed by atoms with van der Waals surface area (Å²) in [4.78, 5) is 11.9. The highest BCUT2D eigenvalue weighted by atomic mass is 79.9. The molecule has 0 radical (unpaired) electrons. The van der Waals surface area contributed by atoms with Gasteiger partial charge in [-0.2, -0.15) is 0 Å². The van der Waals surface area contributed by atoms with Crippen LogP contribution in [0.3, 0.4) is 0 Å². The van der Waals surface area contributed by atoms with Crippen LogP contribution in [0.1, 0.15) is 11.1 Å². The van der Waals surface area contributed by atoms with E-state index in [1.165, 1.54) is 6.08 Å². The molecule has 0 aliphatic rings. The summed E-state index contributed by atoms with van der Waals surface area (Å²) in [5, 5.41) is 0. The van der Waals surface area contributed by atoms with Crippen molar-refractivity contribution in [2.75, 3.05) is 14.2 Å². The van der Waals surface area contributed by atoms with Gasteiger partial charge < -0.3 is 9.47 Å². The van der Waals surface area contributed by atoms with Crippen LogP contribution in [0.15, 0.2) is 59.1 Å². The standard InChI is InChI=1S/C19H17BrO3/c1-22-18-12-7-15(13-19(18)23-2)6-11-17(21)10-5-14-3-8-16(20)9-4-14/h3-13H,1-2H3/b10-5+,11-6+. The van der Waals surface area contributed by atoms with Crippen molar-refractivity contribution >= 4 is 33.9 Å². The van der Waals surface area contributed by atoms with Gasteiger partial charge in [-0.25, -0.2) is 0 Å². The summed E-state index contributed by atoms with van der Waals surface area (Å²) in [6.45, 7) is 0. The van der Waals surface area contributed by atoms with Crippen molar-refractivity contribution in [3.05, 3.63) is 70.2 Å². The molecule has 0 fully saturated rings. The molecule has 3 nitrogen and oxygen atoms in total. The topological polar surface area (TPSA) is 35.5 Å². The second-order valence-electron chi connectivity index (χ2n) is 4.74. The molecule has 0 bridgehead atoms. The van der Waals surface area contributed by atoms with Gasteiger partial charge in [0.15, 0.2) is 17.3 Å². The summed E-state index contributed by atoms with van der Waals surface area (Å²) in [6.07, 6.45) is 6.60. The van der Waals surface area contributed by atoms with Gasteiger partial charge in [-0.3, -0.25) is 4.79 Å². The molecule has 0 amide bonds. The molecule has 2 aromatic rings. The molecule has 0 aromatic heterocycles. The number of methoxy groups -OCH3 is 2. The van der Waals surface area contributed by atoms with Crippen LogP contribution in [-0.4, -0.2) is 20.0 Å². The van der Waals surface area contributed by atoms with Gasteiger partial charge in [0, 0.05) is 4.47 Å². The van der Waals surface area contributed by atoms with Crippen molar-refractivity contribution in [2.45, 2.75) is 0 Å². The Morgan fingerprint density at radius 1 is 0.870 bits per heavy atom. The normalized spacial score (nSPS) is 11.1. The molecule has 118 valence electrons. The number of carbonyl (C=O) groups is 1. The lowest BCUT2D eigenvalue weighted by molar-refractivity contribution is -0.110. The summed E-state index contributed by atoms with van der Waals surface area (Å²) >= 11 is 3.38. The number of carbonyl (C=O) groups excluding carboxylic acids is 1. The minimum absolute atomic E-state index is 0.0808. The molecule has 0 aliphatic carbocycles. The first-order valence-corrected chi connectivity index (χ1v) is 7.79. The summed E-state index contributed by atoms with van der Waals surface area (Å²) in [5.74, 6) is 1.21. The van der Waals surface area contributed by atoms with Crippen molar-refractivity contribution < 1.29 is 14.3 Å². The quantitative estimate of drug-likeness (QED) is 0.685. The number of allylic oxidation sites excluding steroid dienone is 2. The van der Waals surface area contributed by atoms with Crippen LogP contribution < -0.4 is 9.47 Å². The molecule has 4 heteroatoms. The van der Waals surface area contributed by atoms with Gasteiger partial charge in [0.1, 0.15) is 0 Å². The zero-order valence-electron chi connectivity index (χ0n) is 13.0. The van der Waals surface area contributed by atoms with Crippen LogP contribution in [0.2, 0.25) is 0 Å². The van der Waals surface area contributed by atoms with Crippen LogP contribution in [0.5, 0.6) is 11.5 Å². The van der Waals surface area contributed by atoms with E-state index in [1.807, 2.05) is 36.4 Å². The summed E-state index contributed by atoms with van der Waals surface area (Å²) in [7, 11) is 3.17. The Bertz CT molecular complexity index is 731. The number of benzene rings is 2. The third kappa shape index (κ3) is 5.11. The maximum Gasteiger partial charge on any atom is 0.178 e. The molecule has 0 N–H and O–H groups in total. The molecule has 2 aromatic carbocycles. The Hall–Kier alpha value is -2.33. The molecular weight excluding hydrogens is 356 g/mol. The Labute approximate surface area is 144 Å². The Morgan fingerprint density at radius 3 is 2.04 bits per heavy atom. The van der Waals surface area contributed by atoms with Crippen LogP contribution in [-0.2, 0) is 4.79 Å². The van der Waals surface area contributed by atoms with Crippen molar-refractivity contribution in [1.29, 1.82) is 0 Å². The molecule has 0 heterocycles. The number of ether oxygens (including phenoxy) is 2. The fourth-order valence-corrected chi connectivity index (χ4v) is 2.21. The summed E-state index contributed by atoms with van der Waals surface area (Å²) < 4.78 is 11.4. The van der Waals surface area contributed by atoms with Crippen molar-refractivity contribution in [1.82, 2.24) is 0 Å². The smallest absolute Gasteiger partial charge is 0.178 e. The zero-order chi connectivity index (χ0) is 16.7. The molecule has 0 saturated heterocycles. The highest BCUT2D eigenvalue weighted by molar-refractivity contribution is 9.10. The molecule has 0 saturated carbocycles. The summed E-state index contributed by atoms with van der Waals surface area (Å²) in [6, 6.07) is 13.2. The maximum atomic E-state index is 11.9. The zero-order valence-corrected chi connectivity index (χ0v) is 14.5. The molecule has 0 spiro atoms. The molecular formula is C19H17BrO3. The van der Waals surface area contributed by atoms with E-state index < -0.39 is 0 Å². The molecule has 0 unspecified atom stereocenters. The maximum absolute atomic E-state index is 11.9. The first kappa shape index (κ1) is 17.0. The third-order valence-corrected chi connectivity index (χ3v) is 3.69. The van der Waals surface area contributed by atoms with Crippen LogP contribution in [0.4, 0.5) is 0 Å². The van der Waals surface area contributed by atoms with Gasteiger partial charge in [-0.05, 0) is 47.5 Å². The summed E-state index contributed by atoms with van der Waals surface area (Å²) in [5.41, 5.74) is 1.84. The average Bonchev–Trinajstić information content (AvgIpc) is 2.59. The monoisotopic (exact) mass is 372 g/mol. The second kappa shape index (κ2) is 8.34. The van der Waals surface area contributed by atoms with E-state index in [1.54, 1.807) is 38.5 Å². The first-order chi connectivity index (χ1) is 11.1. The minimum atomic E-state index is -0.0808. The number of ketones is 1. The predicted octanol–water partition coefficient (Wildman–Crippen LogP) is 4.76.